The smallest absolute Gasteiger partial charge is 0.254 e. The number of nitrogens with zero attached hydrogens (tertiary/aromatic N) is 4. The van der Waals surface area contributed by atoms with Crippen molar-refractivity contribution < 1.29 is 17.9 Å². The lowest BCUT2D eigenvalue weighted by atomic mass is 9.96. The fraction of sp³-hybridized carbons (Fsp3) is 0.414. The van der Waals surface area contributed by atoms with E-state index in [0.717, 1.165) is 24.2 Å². The number of ether oxygens (including phenoxy) is 1. The zero-order valence-corrected chi connectivity index (χ0v) is 25.4. The summed E-state index contributed by atoms with van der Waals surface area (Å²) in [6, 6.07) is 8.53. The molecule has 5 rings (SSSR count). The van der Waals surface area contributed by atoms with E-state index < -0.39 is 15.1 Å². The van der Waals surface area contributed by atoms with E-state index in [1.165, 1.54) is 6.20 Å². The largest absolute Gasteiger partial charge is 0.488 e. The van der Waals surface area contributed by atoms with Crippen LogP contribution in [0.5, 0.6) is 5.75 Å². The zero-order valence-electron chi connectivity index (χ0n) is 23.9. The first-order chi connectivity index (χ1) is 19.5. The number of hydrogen-bond acceptors (Lipinski definition) is 9. The van der Waals surface area contributed by atoms with Gasteiger partial charge in [0.2, 0.25) is 5.95 Å². The molecule has 1 atom stereocenters. The molecule has 1 amide bonds. The number of nitrogens with one attached hydrogen (secondary N) is 2. The van der Waals surface area contributed by atoms with Crippen molar-refractivity contribution in [3.63, 3.8) is 0 Å². The van der Waals surface area contributed by atoms with Gasteiger partial charge in [0.25, 0.3) is 5.91 Å². The summed E-state index contributed by atoms with van der Waals surface area (Å²) in [5, 5.41) is 5.95. The molecule has 0 radical (unpaired) electrons. The number of anilines is 4. The highest BCUT2D eigenvalue weighted by atomic mass is 35.5. The van der Waals surface area contributed by atoms with Crippen LogP contribution in [0.1, 0.15) is 42.3 Å². The maximum atomic E-state index is 13.6. The third-order valence-electron chi connectivity index (χ3n) is 7.45. The molecule has 1 fully saturated rings. The van der Waals surface area contributed by atoms with Gasteiger partial charge in [0.1, 0.15) is 16.9 Å². The summed E-state index contributed by atoms with van der Waals surface area (Å²) < 4.78 is 32.0. The first-order valence-electron chi connectivity index (χ1n) is 13.7. The Morgan fingerprint density at radius 1 is 1.12 bits per heavy atom. The van der Waals surface area contributed by atoms with Crippen molar-refractivity contribution in [3.8, 4) is 5.75 Å². The number of para-hydroxylation sites is 1. The highest BCUT2D eigenvalue weighted by Crippen LogP contribution is 2.42. The molecule has 3 heterocycles. The molecule has 10 nitrogen and oxygen atoms in total. The van der Waals surface area contributed by atoms with Gasteiger partial charge in [-0.15, -0.1) is 0 Å². The van der Waals surface area contributed by atoms with Crippen molar-refractivity contribution in [2.24, 2.45) is 0 Å². The first-order valence-corrected chi connectivity index (χ1v) is 15.6. The SMILES string of the molecule is Cc1cc(Nc2ncc(Cl)c(Nc3ccccc3S(=O)(=O)C(C)C)n2)c2c(c1C(=O)N1CCN(C)CC1)C[C@H](C)O2. The maximum absolute atomic E-state index is 13.6. The molecule has 2 aliphatic rings. The number of amides is 1. The second kappa shape index (κ2) is 11.5. The molecule has 2 aromatic carbocycles. The second-order valence-electron chi connectivity index (χ2n) is 10.9. The number of piperazine rings is 1. The fourth-order valence-electron chi connectivity index (χ4n) is 5.12. The lowest BCUT2D eigenvalue weighted by molar-refractivity contribution is 0.0662. The fourth-order valence-corrected chi connectivity index (χ4v) is 6.46. The number of carbonyl (C=O) groups excluding carboxylic acids is 1. The standard InChI is InChI=1S/C29H35ClN6O4S/c1-17(2)41(38,39)24-9-7-6-8-22(24)32-27-21(30)16-31-29(34-27)33-23-14-18(3)25(20-15-19(4)40-26(20)23)28(37)36-12-10-35(5)11-13-36/h6-9,14,16-17,19H,10-13,15H2,1-5H3,(H2,31,32,33,34)/t19-/m0/s1. The monoisotopic (exact) mass is 598 g/mol. The molecule has 0 bridgehead atoms. The van der Waals surface area contributed by atoms with Crippen LogP contribution in [0, 0.1) is 6.92 Å². The van der Waals surface area contributed by atoms with Gasteiger partial charge < -0.3 is 25.2 Å². The van der Waals surface area contributed by atoms with Crippen LogP contribution in [-0.2, 0) is 16.3 Å². The predicted octanol–water partition coefficient (Wildman–Crippen LogP) is 4.82. The van der Waals surface area contributed by atoms with Gasteiger partial charge in [-0.25, -0.2) is 13.4 Å². The lowest BCUT2D eigenvalue weighted by Gasteiger charge is -2.33. The average molecular weight is 599 g/mol. The molecule has 2 N–H and O–H groups in total. The maximum Gasteiger partial charge on any atom is 0.254 e. The molecule has 2 aliphatic heterocycles. The van der Waals surface area contributed by atoms with Gasteiger partial charge in [0, 0.05) is 43.7 Å². The van der Waals surface area contributed by atoms with Crippen molar-refractivity contribution in [3.05, 3.63) is 58.2 Å². The Bertz CT molecular complexity index is 1590. The zero-order chi connectivity index (χ0) is 29.5. The van der Waals surface area contributed by atoms with Gasteiger partial charge in [0.05, 0.1) is 27.7 Å². The van der Waals surface area contributed by atoms with Gasteiger partial charge in [-0.05, 0) is 58.5 Å². The predicted molar refractivity (Wildman–Crippen MR) is 161 cm³/mol. The van der Waals surface area contributed by atoms with Crippen LogP contribution >= 0.6 is 11.6 Å². The van der Waals surface area contributed by atoms with E-state index in [1.807, 2.05) is 24.8 Å². The third kappa shape index (κ3) is 5.84. The van der Waals surface area contributed by atoms with Crippen LogP contribution in [0.3, 0.4) is 0 Å². The Kier molecular flexibility index (Phi) is 8.13. The van der Waals surface area contributed by atoms with Gasteiger partial charge in [0.15, 0.2) is 15.7 Å². The van der Waals surface area contributed by atoms with Gasteiger partial charge in [-0.1, -0.05) is 23.7 Å². The summed E-state index contributed by atoms with van der Waals surface area (Å²) in [6.07, 6.45) is 1.98. The Morgan fingerprint density at radius 3 is 2.54 bits per heavy atom. The van der Waals surface area contributed by atoms with Crippen LogP contribution in [0.25, 0.3) is 0 Å². The Balaban J connectivity index is 1.46. The highest BCUT2D eigenvalue weighted by Gasteiger charge is 2.32. The number of sulfone groups is 1. The first kappa shape index (κ1) is 29.1. The third-order valence-corrected chi connectivity index (χ3v) is 9.94. The number of aromatic nitrogens is 2. The van der Waals surface area contributed by atoms with Gasteiger partial charge >= 0.3 is 0 Å². The van der Waals surface area contributed by atoms with E-state index >= 15 is 0 Å². The van der Waals surface area contributed by atoms with Crippen molar-refractivity contribution in [2.75, 3.05) is 43.9 Å². The molecular weight excluding hydrogens is 564 g/mol. The molecule has 3 aromatic rings. The van der Waals surface area contributed by atoms with Crippen LogP contribution in [-0.4, -0.2) is 78.7 Å². The number of halogens is 1. The molecule has 0 aliphatic carbocycles. The van der Waals surface area contributed by atoms with Crippen molar-refractivity contribution >= 4 is 50.5 Å². The van der Waals surface area contributed by atoms with Crippen molar-refractivity contribution in [2.45, 2.75) is 50.4 Å². The number of carbonyl (C=O) groups is 1. The highest BCUT2D eigenvalue weighted by molar-refractivity contribution is 7.92. The summed E-state index contributed by atoms with van der Waals surface area (Å²) in [7, 11) is -1.49. The average Bonchev–Trinajstić information content (AvgIpc) is 3.32. The van der Waals surface area contributed by atoms with E-state index in [-0.39, 0.29) is 33.7 Å². The number of hydrogen-bond donors (Lipinski definition) is 2. The van der Waals surface area contributed by atoms with Crippen LogP contribution in [0.15, 0.2) is 41.4 Å². The summed E-state index contributed by atoms with van der Waals surface area (Å²) in [5.74, 6) is 1.13. The van der Waals surface area contributed by atoms with E-state index in [9.17, 15) is 13.2 Å². The number of aryl methyl sites for hydroxylation is 1. The van der Waals surface area contributed by atoms with E-state index in [1.54, 1.807) is 38.1 Å². The normalized spacial score (nSPS) is 17.3. The minimum absolute atomic E-state index is 0.0281. The minimum atomic E-state index is -3.55. The minimum Gasteiger partial charge on any atom is -0.488 e. The second-order valence-corrected chi connectivity index (χ2v) is 13.8. The van der Waals surface area contributed by atoms with Gasteiger partial charge in [-0.3, -0.25) is 4.79 Å². The molecular formula is C29H35ClN6O4S. The van der Waals surface area contributed by atoms with Crippen LogP contribution in [0.4, 0.5) is 23.1 Å². The molecule has 0 spiro atoms. The topological polar surface area (TPSA) is 117 Å². The quantitative estimate of drug-likeness (QED) is 0.395. The number of fused-ring (bicyclic) bond motifs is 1. The summed E-state index contributed by atoms with van der Waals surface area (Å²) in [4.78, 5) is 26.8. The van der Waals surface area contributed by atoms with Crippen LogP contribution < -0.4 is 15.4 Å². The molecule has 0 saturated carbocycles. The Labute approximate surface area is 246 Å². The van der Waals surface area contributed by atoms with Gasteiger partial charge in [-0.2, -0.15) is 4.98 Å². The summed E-state index contributed by atoms with van der Waals surface area (Å²) in [6.45, 7) is 10.3. The summed E-state index contributed by atoms with van der Waals surface area (Å²) in [5.41, 5.74) is 3.43. The molecule has 218 valence electrons. The summed E-state index contributed by atoms with van der Waals surface area (Å²) >= 11 is 6.42. The molecule has 12 heteroatoms. The number of benzene rings is 2. The molecule has 1 saturated heterocycles. The van der Waals surface area contributed by atoms with E-state index in [2.05, 4.69) is 32.5 Å². The van der Waals surface area contributed by atoms with Crippen molar-refractivity contribution in [1.82, 2.24) is 19.8 Å². The number of rotatable bonds is 7. The van der Waals surface area contributed by atoms with E-state index in [4.69, 9.17) is 16.3 Å². The van der Waals surface area contributed by atoms with Crippen LogP contribution in [0.2, 0.25) is 5.02 Å². The molecule has 0 unspecified atom stereocenters. The van der Waals surface area contributed by atoms with E-state index in [0.29, 0.717) is 42.2 Å². The Morgan fingerprint density at radius 2 is 1.83 bits per heavy atom. The molecule has 41 heavy (non-hydrogen) atoms. The molecule has 1 aromatic heterocycles. The Hall–Kier alpha value is -3.41. The lowest BCUT2D eigenvalue weighted by Crippen LogP contribution is -2.47. The number of likely N-dealkylation sites (N-methyl/N-ethyl adjacent to an activating group) is 1. The van der Waals surface area contributed by atoms with Crippen molar-refractivity contribution in [1.29, 1.82) is 0 Å².